The van der Waals surface area contributed by atoms with Crippen molar-refractivity contribution in [3.63, 3.8) is 0 Å². The molecule has 0 radical (unpaired) electrons. The van der Waals surface area contributed by atoms with Crippen LogP contribution in [-0.2, 0) is 11.3 Å². The number of halogens is 3. The highest BCUT2D eigenvalue weighted by Crippen LogP contribution is 2.46. The molecule has 3 aliphatic rings. The second-order valence-electron chi connectivity index (χ2n) is 11.3. The molecular formula is C30H28F3N5O5. The van der Waals surface area contributed by atoms with Crippen LogP contribution in [0.15, 0.2) is 68.8 Å². The van der Waals surface area contributed by atoms with Gasteiger partial charge in [-0.15, -0.1) is 13.2 Å². The Balaban J connectivity index is 1.07. The normalized spacial score (nSPS) is 21.7. The number of benzene rings is 2. The number of fused-ring (bicyclic) bond motifs is 2. The number of nitrogens with zero attached hydrogens (tertiary/aromatic N) is 4. The van der Waals surface area contributed by atoms with Crippen LogP contribution >= 0.6 is 0 Å². The number of anilines is 1. The molecule has 2 aromatic heterocycles. The van der Waals surface area contributed by atoms with Crippen LogP contribution in [0.25, 0.3) is 16.9 Å². The van der Waals surface area contributed by atoms with Gasteiger partial charge in [0.2, 0.25) is 0 Å². The van der Waals surface area contributed by atoms with Crippen LogP contribution in [0.2, 0.25) is 0 Å². The molecule has 10 nitrogen and oxygen atoms in total. The van der Waals surface area contributed by atoms with Gasteiger partial charge < -0.3 is 18.9 Å². The molecule has 1 N–H and O–H groups in total. The van der Waals surface area contributed by atoms with Gasteiger partial charge in [-0.3, -0.25) is 9.78 Å². The van der Waals surface area contributed by atoms with Crippen molar-refractivity contribution in [1.82, 2.24) is 19.9 Å². The molecule has 3 fully saturated rings. The summed E-state index contributed by atoms with van der Waals surface area (Å²) in [5.41, 5.74) is 1.64. The largest absolute Gasteiger partial charge is 0.573 e. The van der Waals surface area contributed by atoms with E-state index in [-0.39, 0.29) is 42.0 Å². The Morgan fingerprint density at radius 3 is 2.33 bits per heavy atom. The van der Waals surface area contributed by atoms with Crippen molar-refractivity contribution in [2.45, 2.75) is 75.6 Å². The minimum atomic E-state index is -4.83. The number of H-pyrrole nitrogens is 1. The maximum absolute atomic E-state index is 13.1. The summed E-state index contributed by atoms with van der Waals surface area (Å²) in [6.07, 6.45) is 1.70. The highest BCUT2D eigenvalue weighted by molar-refractivity contribution is 5.70. The molecule has 43 heavy (non-hydrogen) atoms. The van der Waals surface area contributed by atoms with Crippen molar-refractivity contribution in [2.24, 2.45) is 0 Å². The maximum atomic E-state index is 13.1. The number of rotatable bonds is 8. The summed E-state index contributed by atoms with van der Waals surface area (Å²) in [5, 5.41) is 8.09. The molecule has 2 aliphatic heterocycles. The number of hydrogen-bond donors (Lipinski definition) is 1. The van der Waals surface area contributed by atoms with Crippen molar-refractivity contribution in [3.05, 3.63) is 86.9 Å². The van der Waals surface area contributed by atoms with E-state index in [1.165, 1.54) is 12.1 Å². The fourth-order valence-electron chi connectivity index (χ4n) is 6.40. The number of aromatic amines is 1. The van der Waals surface area contributed by atoms with Crippen LogP contribution in [-0.4, -0.2) is 44.5 Å². The fraction of sp³-hybridized carbons (Fsp3) is 0.400. The van der Waals surface area contributed by atoms with Crippen molar-refractivity contribution in [3.8, 4) is 22.7 Å². The summed E-state index contributed by atoms with van der Waals surface area (Å²) in [6.45, 7) is 0.185. The molecule has 1 aliphatic carbocycles. The van der Waals surface area contributed by atoms with E-state index in [9.17, 15) is 22.8 Å². The summed E-state index contributed by atoms with van der Waals surface area (Å²) >= 11 is 0. The molecular weight excluding hydrogens is 567 g/mol. The lowest BCUT2D eigenvalue weighted by atomic mass is 9.98. The molecule has 1 unspecified atom stereocenters. The van der Waals surface area contributed by atoms with Gasteiger partial charge in [-0.1, -0.05) is 17.3 Å². The molecule has 2 bridgehead atoms. The number of piperidine rings is 1. The minimum absolute atomic E-state index is 0.0339. The van der Waals surface area contributed by atoms with Gasteiger partial charge in [-0.25, -0.2) is 4.79 Å². The first-order chi connectivity index (χ1) is 20.7. The van der Waals surface area contributed by atoms with E-state index in [0.717, 1.165) is 55.1 Å². The zero-order chi connectivity index (χ0) is 29.7. The smallest absolute Gasteiger partial charge is 0.405 e. The van der Waals surface area contributed by atoms with Gasteiger partial charge in [0, 0.05) is 34.8 Å². The molecule has 224 valence electrons. The van der Waals surface area contributed by atoms with E-state index in [2.05, 4.69) is 24.9 Å². The number of alkyl halides is 3. The third-order valence-electron chi connectivity index (χ3n) is 8.39. The van der Waals surface area contributed by atoms with Crippen LogP contribution in [0.4, 0.5) is 18.9 Å². The van der Waals surface area contributed by atoms with Crippen LogP contribution < -0.4 is 20.9 Å². The molecule has 13 heteroatoms. The first kappa shape index (κ1) is 27.4. The van der Waals surface area contributed by atoms with Gasteiger partial charge in [0.25, 0.3) is 5.56 Å². The summed E-state index contributed by atoms with van der Waals surface area (Å²) in [4.78, 5) is 28.1. The van der Waals surface area contributed by atoms with E-state index < -0.39 is 17.6 Å². The Morgan fingerprint density at radius 1 is 0.953 bits per heavy atom. The summed E-state index contributed by atoms with van der Waals surface area (Å²) in [6, 6.07) is 14.0. The molecule has 4 heterocycles. The Labute approximate surface area is 243 Å². The SMILES string of the molecule is O=c1cnn(-c2ccc(N3[C@@H]4CC[C@H]3CC(OCc3c(-c5ccccc5OC(F)(F)F)noc3C3CC3)C4)cc2)c(=O)[nH]1. The number of nitrogens with one attached hydrogen (secondary N) is 1. The number of aromatic nitrogens is 4. The summed E-state index contributed by atoms with van der Waals surface area (Å²) < 4.78 is 56.9. The van der Waals surface area contributed by atoms with Gasteiger partial charge in [0.05, 0.1) is 18.4 Å². The lowest BCUT2D eigenvalue weighted by molar-refractivity contribution is -0.274. The molecule has 3 atom stereocenters. The second kappa shape index (κ2) is 10.7. The zero-order valence-electron chi connectivity index (χ0n) is 22.9. The van der Waals surface area contributed by atoms with Crippen LogP contribution in [0.1, 0.15) is 55.8 Å². The molecule has 0 amide bonds. The first-order valence-corrected chi connectivity index (χ1v) is 14.3. The van der Waals surface area contributed by atoms with Crippen molar-refractivity contribution in [1.29, 1.82) is 0 Å². The standard InChI is InChI=1S/C30H28F3N5O5/c31-30(32,33)42-25-4-2-1-3-23(25)27-24(28(43-36-27)17-5-6-17)16-41-22-13-20-11-12-21(14-22)37(20)18-7-9-19(10-8-18)38-29(40)35-26(39)15-34-38/h1-4,7-10,15,17,20-22H,5-6,11-14,16H2,(H,35,39,40)/t20-,21+,22?. The molecule has 1 saturated carbocycles. The predicted molar refractivity (Wildman–Crippen MR) is 148 cm³/mol. The van der Waals surface area contributed by atoms with E-state index in [1.807, 2.05) is 12.1 Å². The summed E-state index contributed by atoms with van der Waals surface area (Å²) in [7, 11) is 0. The van der Waals surface area contributed by atoms with E-state index in [4.69, 9.17) is 9.26 Å². The number of ether oxygens (including phenoxy) is 2. The Bertz CT molecular complexity index is 1730. The lowest BCUT2D eigenvalue weighted by Crippen LogP contribution is -2.45. The fourth-order valence-corrected chi connectivity index (χ4v) is 6.40. The molecule has 7 rings (SSSR count). The van der Waals surface area contributed by atoms with Gasteiger partial charge in [-0.05, 0) is 74.9 Å². The molecule has 2 aromatic carbocycles. The average Bonchev–Trinajstić information content (AvgIpc) is 3.67. The van der Waals surface area contributed by atoms with Crippen LogP contribution in [0, 0.1) is 0 Å². The third-order valence-corrected chi connectivity index (χ3v) is 8.39. The van der Waals surface area contributed by atoms with E-state index in [1.54, 1.807) is 24.3 Å². The first-order valence-electron chi connectivity index (χ1n) is 14.3. The van der Waals surface area contributed by atoms with Gasteiger partial charge >= 0.3 is 12.1 Å². The number of hydrogen-bond acceptors (Lipinski definition) is 8. The highest BCUT2D eigenvalue weighted by Gasteiger charge is 2.42. The Hall–Kier alpha value is -4.39. The van der Waals surface area contributed by atoms with Gasteiger partial charge in [-0.2, -0.15) is 9.78 Å². The molecule has 0 spiro atoms. The van der Waals surface area contributed by atoms with Gasteiger partial charge in [0.1, 0.15) is 23.4 Å². The van der Waals surface area contributed by atoms with Crippen LogP contribution in [0.5, 0.6) is 5.75 Å². The maximum Gasteiger partial charge on any atom is 0.573 e. The number of para-hydroxylation sites is 1. The molecule has 2 saturated heterocycles. The Kier molecular flexibility index (Phi) is 6.83. The van der Waals surface area contributed by atoms with Crippen molar-refractivity contribution in [2.75, 3.05) is 4.90 Å². The predicted octanol–water partition coefficient (Wildman–Crippen LogP) is 5.07. The highest BCUT2D eigenvalue weighted by atomic mass is 19.4. The topological polar surface area (TPSA) is 115 Å². The van der Waals surface area contributed by atoms with Crippen molar-refractivity contribution < 1.29 is 27.2 Å². The lowest BCUT2D eigenvalue weighted by Gasteiger charge is -2.40. The third kappa shape index (κ3) is 5.56. The Morgan fingerprint density at radius 2 is 1.65 bits per heavy atom. The monoisotopic (exact) mass is 595 g/mol. The quantitative estimate of drug-likeness (QED) is 0.300. The minimum Gasteiger partial charge on any atom is -0.405 e. The second-order valence-corrected chi connectivity index (χ2v) is 11.3. The zero-order valence-corrected chi connectivity index (χ0v) is 22.9. The van der Waals surface area contributed by atoms with Crippen LogP contribution in [0.3, 0.4) is 0 Å². The van der Waals surface area contributed by atoms with E-state index in [0.29, 0.717) is 22.7 Å². The molecule has 4 aromatic rings. The summed E-state index contributed by atoms with van der Waals surface area (Å²) in [5.74, 6) is 0.539. The van der Waals surface area contributed by atoms with E-state index >= 15 is 0 Å². The average molecular weight is 596 g/mol. The van der Waals surface area contributed by atoms with Gasteiger partial charge in [0.15, 0.2) is 0 Å². The van der Waals surface area contributed by atoms with Crippen molar-refractivity contribution >= 4 is 5.69 Å².